The van der Waals surface area contributed by atoms with Crippen molar-refractivity contribution in [2.24, 2.45) is 0 Å². The Morgan fingerprint density at radius 2 is 1.79 bits per heavy atom. The number of sulfone groups is 1. The number of hydrogen-bond donors (Lipinski definition) is 1. The van der Waals surface area contributed by atoms with E-state index in [4.69, 9.17) is 0 Å². The third-order valence-corrected chi connectivity index (χ3v) is 7.09. The second-order valence-corrected chi connectivity index (χ2v) is 9.56. The van der Waals surface area contributed by atoms with Crippen LogP contribution in [0, 0.1) is 0 Å². The monoisotopic (exact) mass is 351 g/mol. The van der Waals surface area contributed by atoms with Crippen LogP contribution in [0.5, 0.6) is 0 Å². The van der Waals surface area contributed by atoms with Crippen molar-refractivity contribution < 1.29 is 18.1 Å². The summed E-state index contributed by atoms with van der Waals surface area (Å²) in [6.45, 7) is 7.38. The van der Waals surface area contributed by atoms with Crippen LogP contribution in [0.15, 0.2) is 24.3 Å². The van der Waals surface area contributed by atoms with Gasteiger partial charge >= 0.3 is 0 Å². The van der Waals surface area contributed by atoms with E-state index in [0.717, 1.165) is 25.1 Å². The molecule has 2 saturated heterocycles. The topological polar surface area (TPSA) is 58.9 Å². The lowest BCUT2D eigenvalue weighted by atomic mass is 10.0. The average molecular weight is 351 g/mol. The zero-order valence-corrected chi connectivity index (χ0v) is 15.3. The molecule has 5 nitrogen and oxygen atoms in total. The Balaban J connectivity index is 1.57. The molecule has 6 heteroatoms. The highest BCUT2D eigenvalue weighted by molar-refractivity contribution is 7.91. The third kappa shape index (κ3) is 3.81. The molecule has 2 aliphatic rings. The molecule has 1 aromatic rings. The predicted octanol–water partition coefficient (Wildman–Crippen LogP) is 0.338. The maximum Gasteiger partial charge on any atom is 0.254 e. The van der Waals surface area contributed by atoms with Crippen LogP contribution in [0.4, 0.5) is 0 Å². The van der Waals surface area contributed by atoms with Crippen LogP contribution in [0.2, 0.25) is 0 Å². The van der Waals surface area contributed by atoms with Gasteiger partial charge in [-0.2, -0.15) is 0 Å². The molecule has 2 aliphatic heterocycles. The SMILES string of the molecule is CC(C)c1ccc(C(=O)N2CC[NH+]([C@H]3CCS(=O)(=O)C3)CC2)cc1. The van der Waals surface area contributed by atoms with Crippen molar-refractivity contribution in [2.75, 3.05) is 37.7 Å². The number of amides is 1. The first-order valence-corrected chi connectivity index (χ1v) is 10.6. The fourth-order valence-corrected chi connectivity index (χ4v) is 5.54. The number of quaternary nitrogens is 1. The van der Waals surface area contributed by atoms with Crippen molar-refractivity contribution in [1.29, 1.82) is 0 Å². The Morgan fingerprint density at radius 1 is 1.17 bits per heavy atom. The first-order chi connectivity index (χ1) is 11.4. The predicted molar refractivity (Wildman–Crippen MR) is 94.2 cm³/mol. The molecule has 0 bridgehead atoms. The Morgan fingerprint density at radius 3 is 2.29 bits per heavy atom. The Hall–Kier alpha value is -1.40. The van der Waals surface area contributed by atoms with Gasteiger partial charge in [0.25, 0.3) is 5.91 Å². The molecule has 2 fully saturated rings. The van der Waals surface area contributed by atoms with E-state index in [1.807, 2.05) is 29.2 Å². The van der Waals surface area contributed by atoms with Gasteiger partial charge in [0.05, 0.1) is 31.9 Å². The maximum absolute atomic E-state index is 12.6. The van der Waals surface area contributed by atoms with Crippen LogP contribution in [0.25, 0.3) is 0 Å². The van der Waals surface area contributed by atoms with Crippen molar-refractivity contribution in [3.8, 4) is 0 Å². The van der Waals surface area contributed by atoms with Crippen molar-refractivity contribution in [2.45, 2.75) is 32.2 Å². The second kappa shape index (κ2) is 6.84. The molecule has 0 spiro atoms. The molecule has 0 aliphatic carbocycles. The van der Waals surface area contributed by atoms with Crippen LogP contribution >= 0.6 is 0 Å². The molecule has 0 unspecified atom stereocenters. The molecule has 0 aromatic heterocycles. The van der Waals surface area contributed by atoms with E-state index >= 15 is 0 Å². The van der Waals surface area contributed by atoms with Gasteiger partial charge in [-0.15, -0.1) is 0 Å². The van der Waals surface area contributed by atoms with Crippen molar-refractivity contribution in [3.05, 3.63) is 35.4 Å². The molecule has 0 saturated carbocycles. The van der Waals surface area contributed by atoms with Gasteiger partial charge in [0, 0.05) is 12.0 Å². The van der Waals surface area contributed by atoms with E-state index < -0.39 is 9.84 Å². The number of hydrogen-bond acceptors (Lipinski definition) is 3. The summed E-state index contributed by atoms with van der Waals surface area (Å²) in [6.07, 6.45) is 0.766. The summed E-state index contributed by atoms with van der Waals surface area (Å²) >= 11 is 0. The fourth-order valence-electron chi connectivity index (χ4n) is 3.72. The zero-order valence-electron chi connectivity index (χ0n) is 14.5. The highest BCUT2D eigenvalue weighted by Gasteiger charge is 2.37. The van der Waals surface area contributed by atoms with Crippen LogP contribution in [-0.4, -0.2) is 63.0 Å². The average Bonchev–Trinajstić information content (AvgIpc) is 2.94. The minimum atomic E-state index is -2.83. The Kier molecular flexibility index (Phi) is 4.97. The van der Waals surface area contributed by atoms with E-state index in [9.17, 15) is 13.2 Å². The van der Waals surface area contributed by atoms with Crippen molar-refractivity contribution in [3.63, 3.8) is 0 Å². The number of rotatable bonds is 3. The van der Waals surface area contributed by atoms with Gasteiger partial charge in [-0.3, -0.25) is 4.79 Å². The number of carbonyl (C=O) groups is 1. The Labute approximate surface area is 144 Å². The van der Waals surface area contributed by atoms with Gasteiger partial charge in [-0.25, -0.2) is 8.42 Å². The van der Waals surface area contributed by atoms with Gasteiger partial charge in [-0.05, 0) is 23.6 Å². The van der Waals surface area contributed by atoms with Crippen molar-refractivity contribution in [1.82, 2.24) is 4.90 Å². The van der Waals surface area contributed by atoms with Gasteiger partial charge < -0.3 is 9.80 Å². The lowest BCUT2D eigenvalue weighted by Crippen LogP contribution is -3.18. The van der Waals surface area contributed by atoms with E-state index in [1.165, 1.54) is 10.5 Å². The highest BCUT2D eigenvalue weighted by Crippen LogP contribution is 2.16. The quantitative estimate of drug-likeness (QED) is 0.854. The highest BCUT2D eigenvalue weighted by atomic mass is 32.2. The van der Waals surface area contributed by atoms with Crippen LogP contribution in [0.3, 0.4) is 0 Å². The number of benzene rings is 1. The molecule has 132 valence electrons. The summed E-state index contributed by atoms with van der Waals surface area (Å²) in [4.78, 5) is 15.9. The summed E-state index contributed by atoms with van der Waals surface area (Å²) < 4.78 is 23.3. The van der Waals surface area contributed by atoms with E-state index in [-0.39, 0.29) is 11.9 Å². The molecular formula is C18H27N2O3S+. The van der Waals surface area contributed by atoms with Gasteiger partial charge in [0.1, 0.15) is 11.8 Å². The van der Waals surface area contributed by atoms with E-state index in [1.54, 1.807) is 0 Å². The summed E-state index contributed by atoms with van der Waals surface area (Å²) in [5, 5.41) is 0. The van der Waals surface area contributed by atoms with E-state index in [0.29, 0.717) is 30.5 Å². The largest absolute Gasteiger partial charge is 0.329 e. The summed E-state index contributed by atoms with van der Waals surface area (Å²) in [5.41, 5.74) is 1.98. The fraction of sp³-hybridized carbons (Fsp3) is 0.611. The first kappa shape index (κ1) is 17.4. The molecule has 0 radical (unpaired) electrons. The normalized spacial score (nSPS) is 24.5. The molecule has 1 atom stereocenters. The number of piperazine rings is 1. The van der Waals surface area contributed by atoms with Crippen LogP contribution < -0.4 is 4.90 Å². The molecule has 1 amide bonds. The molecule has 2 heterocycles. The molecule has 24 heavy (non-hydrogen) atoms. The maximum atomic E-state index is 12.6. The van der Waals surface area contributed by atoms with Gasteiger partial charge in [0.2, 0.25) is 0 Å². The summed E-state index contributed by atoms with van der Waals surface area (Å²) in [6, 6.07) is 8.12. The van der Waals surface area contributed by atoms with Crippen LogP contribution in [-0.2, 0) is 9.84 Å². The van der Waals surface area contributed by atoms with Crippen LogP contribution in [0.1, 0.15) is 42.1 Å². The second-order valence-electron chi connectivity index (χ2n) is 7.33. The number of nitrogens with zero attached hydrogens (tertiary/aromatic N) is 1. The standard InChI is InChI=1S/C18H26N2O3S/c1-14(2)15-3-5-16(6-4-15)18(21)20-10-8-19(9-11-20)17-7-12-24(22,23)13-17/h3-6,14,17H,7-13H2,1-2H3/p+1/t17-/m0/s1. The third-order valence-electron chi connectivity index (χ3n) is 5.33. The smallest absolute Gasteiger partial charge is 0.254 e. The summed E-state index contributed by atoms with van der Waals surface area (Å²) in [5.74, 6) is 1.19. The zero-order chi connectivity index (χ0) is 17.3. The lowest BCUT2D eigenvalue weighted by Gasteiger charge is -2.35. The lowest BCUT2D eigenvalue weighted by molar-refractivity contribution is -0.925. The molecule has 1 N–H and O–H groups in total. The number of carbonyl (C=O) groups excluding carboxylic acids is 1. The van der Waals surface area contributed by atoms with E-state index in [2.05, 4.69) is 13.8 Å². The first-order valence-electron chi connectivity index (χ1n) is 8.80. The van der Waals surface area contributed by atoms with Crippen molar-refractivity contribution >= 4 is 15.7 Å². The van der Waals surface area contributed by atoms with Gasteiger partial charge in [-0.1, -0.05) is 26.0 Å². The summed E-state index contributed by atoms with van der Waals surface area (Å²) in [7, 11) is -2.83. The number of nitrogens with one attached hydrogen (secondary N) is 1. The van der Waals surface area contributed by atoms with Gasteiger partial charge in [0.15, 0.2) is 9.84 Å². The minimum absolute atomic E-state index is 0.0865. The minimum Gasteiger partial charge on any atom is -0.329 e. The molecular weight excluding hydrogens is 324 g/mol. The molecule has 1 aromatic carbocycles. The Bertz CT molecular complexity index is 689. The molecule has 3 rings (SSSR count).